The Balaban J connectivity index is 1.36. The molecular weight excluding hydrogens is 491 g/mol. The Hall–Kier alpha value is -3.97. The number of hydrogen-bond donors (Lipinski definition) is 0. The van der Waals surface area contributed by atoms with Crippen LogP contribution in [0.2, 0.25) is 5.02 Å². The van der Waals surface area contributed by atoms with Gasteiger partial charge in [0.1, 0.15) is 11.6 Å². The van der Waals surface area contributed by atoms with Gasteiger partial charge in [-0.1, -0.05) is 54.1 Å². The van der Waals surface area contributed by atoms with Crippen LogP contribution in [0, 0.1) is 5.82 Å². The van der Waals surface area contributed by atoms with Crippen molar-refractivity contribution in [3.63, 3.8) is 0 Å². The van der Waals surface area contributed by atoms with Crippen molar-refractivity contribution in [1.29, 1.82) is 0 Å². The standard InChI is InChI=1S/C29H24ClFN4O2/c30-25-11-4-3-10-23(25)28(36)34-15-13-26-24(18-34)27(37-22-9-5-8-21(31)16-22)33-29(32-26)35-14-12-19-6-1-2-7-20(19)17-35/h1-11,16H,12-15,17-18H2. The minimum atomic E-state index is -0.399. The molecule has 0 saturated carbocycles. The summed E-state index contributed by atoms with van der Waals surface area (Å²) in [6.07, 6.45) is 1.45. The van der Waals surface area contributed by atoms with Gasteiger partial charge in [-0.3, -0.25) is 4.79 Å². The molecule has 0 spiro atoms. The molecule has 0 fully saturated rings. The van der Waals surface area contributed by atoms with Gasteiger partial charge in [0.25, 0.3) is 5.91 Å². The first-order valence-electron chi connectivity index (χ1n) is 12.2. The molecule has 4 aromatic rings. The van der Waals surface area contributed by atoms with Crippen LogP contribution >= 0.6 is 11.6 Å². The van der Waals surface area contributed by atoms with Crippen molar-refractivity contribution < 1.29 is 13.9 Å². The molecule has 0 aliphatic carbocycles. The van der Waals surface area contributed by atoms with E-state index in [9.17, 15) is 9.18 Å². The molecule has 0 radical (unpaired) electrons. The number of aromatic nitrogens is 2. The van der Waals surface area contributed by atoms with Crippen LogP contribution in [0.3, 0.4) is 0 Å². The van der Waals surface area contributed by atoms with Crippen molar-refractivity contribution in [1.82, 2.24) is 14.9 Å². The summed E-state index contributed by atoms with van der Waals surface area (Å²) in [5.41, 5.74) is 4.58. The monoisotopic (exact) mass is 514 g/mol. The van der Waals surface area contributed by atoms with E-state index in [0.717, 1.165) is 24.2 Å². The molecule has 0 saturated heterocycles. The number of rotatable bonds is 4. The van der Waals surface area contributed by atoms with E-state index in [2.05, 4.69) is 23.1 Å². The maximum atomic E-state index is 13.9. The average Bonchev–Trinajstić information content (AvgIpc) is 2.92. The Morgan fingerprint density at radius 1 is 0.892 bits per heavy atom. The van der Waals surface area contributed by atoms with Gasteiger partial charge in [0.05, 0.1) is 28.4 Å². The summed E-state index contributed by atoms with van der Waals surface area (Å²) in [5.74, 6) is 0.686. The molecule has 3 aromatic carbocycles. The van der Waals surface area contributed by atoms with Crippen molar-refractivity contribution in [3.05, 3.63) is 112 Å². The lowest BCUT2D eigenvalue weighted by Gasteiger charge is -2.32. The quantitative estimate of drug-likeness (QED) is 0.343. The number of amides is 1. The fourth-order valence-corrected chi connectivity index (χ4v) is 5.10. The molecule has 0 atom stereocenters. The van der Waals surface area contributed by atoms with Crippen molar-refractivity contribution >= 4 is 23.5 Å². The summed E-state index contributed by atoms with van der Waals surface area (Å²) in [7, 11) is 0. The Kier molecular flexibility index (Phi) is 6.22. The maximum absolute atomic E-state index is 13.9. The third-order valence-electron chi connectivity index (χ3n) is 6.83. The second-order valence-corrected chi connectivity index (χ2v) is 9.62. The van der Waals surface area contributed by atoms with Gasteiger partial charge < -0.3 is 14.5 Å². The summed E-state index contributed by atoms with van der Waals surface area (Å²) in [4.78, 5) is 26.9. The number of hydrogen-bond acceptors (Lipinski definition) is 5. The van der Waals surface area contributed by atoms with Gasteiger partial charge >= 0.3 is 0 Å². The highest BCUT2D eigenvalue weighted by atomic mass is 35.5. The zero-order valence-electron chi connectivity index (χ0n) is 20.0. The van der Waals surface area contributed by atoms with Gasteiger partial charge in [0.15, 0.2) is 0 Å². The van der Waals surface area contributed by atoms with Crippen LogP contribution in [0.15, 0.2) is 72.8 Å². The minimum absolute atomic E-state index is 0.162. The molecule has 3 heterocycles. The van der Waals surface area contributed by atoms with E-state index in [-0.39, 0.29) is 12.5 Å². The van der Waals surface area contributed by atoms with E-state index in [1.807, 2.05) is 6.07 Å². The molecule has 2 aliphatic rings. The summed E-state index contributed by atoms with van der Waals surface area (Å²) in [6.45, 7) is 2.25. The molecule has 186 valence electrons. The number of nitrogens with zero attached hydrogens (tertiary/aromatic N) is 4. The maximum Gasteiger partial charge on any atom is 0.255 e. The smallest absolute Gasteiger partial charge is 0.255 e. The Morgan fingerprint density at radius 2 is 1.70 bits per heavy atom. The summed E-state index contributed by atoms with van der Waals surface area (Å²) < 4.78 is 20.1. The van der Waals surface area contributed by atoms with E-state index in [1.54, 1.807) is 41.3 Å². The van der Waals surface area contributed by atoms with E-state index in [0.29, 0.717) is 47.7 Å². The Labute approximate surface area is 219 Å². The van der Waals surface area contributed by atoms with Crippen LogP contribution in [0.25, 0.3) is 0 Å². The molecule has 0 N–H and O–H groups in total. The highest BCUT2D eigenvalue weighted by Gasteiger charge is 2.29. The molecule has 0 bridgehead atoms. The van der Waals surface area contributed by atoms with E-state index >= 15 is 0 Å². The van der Waals surface area contributed by atoms with Crippen molar-refractivity contribution in [2.45, 2.75) is 25.9 Å². The van der Waals surface area contributed by atoms with Gasteiger partial charge in [-0.15, -0.1) is 0 Å². The molecule has 0 unspecified atom stereocenters. The normalized spacial score (nSPS) is 14.6. The average molecular weight is 515 g/mol. The predicted octanol–water partition coefficient (Wildman–Crippen LogP) is 5.82. The van der Waals surface area contributed by atoms with Gasteiger partial charge in [0.2, 0.25) is 11.8 Å². The largest absolute Gasteiger partial charge is 0.438 e. The molecule has 1 amide bonds. The summed E-state index contributed by atoms with van der Waals surface area (Å²) >= 11 is 6.30. The molecule has 37 heavy (non-hydrogen) atoms. The first-order valence-corrected chi connectivity index (χ1v) is 12.6. The lowest BCUT2D eigenvalue weighted by atomic mass is 10.0. The summed E-state index contributed by atoms with van der Waals surface area (Å²) in [6, 6.07) is 21.4. The first kappa shape index (κ1) is 23.4. The van der Waals surface area contributed by atoms with Crippen LogP contribution in [0.5, 0.6) is 11.6 Å². The molecule has 6 nitrogen and oxygen atoms in total. The van der Waals surface area contributed by atoms with Crippen LogP contribution in [-0.2, 0) is 25.9 Å². The van der Waals surface area contributed by atoms with Gasteiger partial charge in [-0.05, 0) is 41.8 Å². The van der Waals surface area contributed by atoms with E-state index in [4.69, 9.17) is 26.3 Å². The third-order valence-corrected chi connectivity index (χ3v) is 7.16. The third kappa shape index (κ3) is 4.74. The van der Waals surface area contributed by atoms with Gasteiger partial charge in [-0.2, -0.15) is 4.98 Å². The number of benzene rings is 3. The highest BCUT2D eigenvalue weighted by molar-refractivity contribution is 6.33. The van der Waals surface area contributed by atoms with Crippen LogP contribution in [-0.4, -0.2) is 33.9 Å². The molecular formula is C29H24ClFN4O2. The van der Waals surface area contributed by atoms with Crippen LogP contribution < -0.4 is 9.64 Å². The number of halogens is 2. The lowest BCUT2D eigenvalue weighted by Crippen LogP contribution is -2.38. The van der Waals surface area contributed by atoms with Crippen LogP contribution in [0.4, 0.5) is 10.3 Å². The molecule has 8 heteroatoms. The second kappa shape index (κ2) is 9.82. The molecule has 1 aromatic heterocycles. The summed E-state index contributed by atoms with van der Waals surface area (Å²) in [5, 5.41) is 0.409. The SMILES string of the molecule is O=C(c1ccccc1Cl)N1CCc2nc(N3CCc4ccccc4C3)nc(Oc3cccc(F)c3)c2C1. The fraction of sp³-hybridized carbons (Fsp3) is 0.207. The van der Waals surface area contributed by atoms with Crippen molar-refractivity contribution in [3.8, 4) is 11.6 Å². The molecule has 6 rings (SSSR count). The van der Waals surface area contributed by atoms with Gasteiger partial charge in [-0.25, -0.2) is 9.37 Å². The van der Waals surface area contributed by atoms with Crippen molar-refractivity contribution in [2.75, 3.05) is 18.0 Å². The number of carbonyl (C=O) groups is 1. The number of fused-ring (bicyclic) bond motifs is 2. The van der Waals surface area contributed by atoms with Crippen LogP contribution in [0.1, 0.15) is 32.7 Å². The first-order chi connectivity index (χ1) is 18.0. The highest BCUT2D eigenvalue weighted by Crippen LogP contribution is 2.33. The topological polar surface area (TPSA) is 58.6 Å². The zero-order valence-corrected chi connectivity index (χ0v) is 20.8. The van der Waals surface area contributed by atoms with Gasteiger partial charge in [0, 0.05) is 32.1 Å². The Morgan fingerprint density at radius 3 is 2.54 bits per heavy atom. The molecule has 2 aliphatic heterocycles. The zero-order chi connectivity index (χ0) is 25.4. The van der Waals surface area contributed by atoms with Crippen molar-refractivity contribution in [2.24, 2.45) is 0 Å². The number of ether oxygens (including phenoxy) is 1. The second-order valence-electron chi connectivity index (χ2n) is 9.21. The van der Waals surface area contributed by atoms with E-state index < -0.39 is 5.82 Å². The number of anilines is 1. The fourth-order valence-electron chi connectivity index (χ4n) is 4.88. The Bertz CT molecular complexity index is 1490. The predicted molar refractivity (Wildman–Crippen MR) is 140 cm³/mol. The minimum Gasteiger partial charge on any atom is -0.438 e. The number of carbonyl (C=O) groups excluding carboxylic acids is 1. The lowest BCUT2D eigenvalue weighted by molar-refractivity contribution is 0.0732. The van der Waals surface area contributed by atoms with E-state index in [1.165, 1.54) is 23.3 Å².